The Kier molecular flexibility index (Phi) is 3.34. The van der Waals surface area contributed by atoms with E-state index in [4.69, 9.17) is 16.6 Å². The third-order valence-corrected chi connectivity index (χ3v) is 5.46. The molecule has 4 rings (SSSR count). The van der Waals surface area contributed by atoms with Crippen LogP contribution in [0, 0.1) is 3.57 Å². The van der Waals surface area contributed by atoms with E-state index in [1.165, 1.54) is 23.6 Å². The molecule has 104 valence electrons. The lowest BCUT2D eigenvalue weighted by atomic mass is 10.1. The van der Waals surface area contributed by atoms with E-state index in [2.05, 4.69) is 57.9 Å². The number of fused-ring (bicyclic) bond motifs is 1. The Balaban J connectivity index is 1.87. The van der Waals surface area contributed by atoms with Crippen molar-refractivity contribution >= 4 is 45.0 Å². The Morgan fingerprint density at radius 1 is 1.00 bits per heavy atom. The highest BCUT2D eigenvalue weighted by molar-refractivity contribution is 14.1. The van der Waals surface area contributed by atoms with Crippen LogP contribution in [0.5, 0.6) is 0 Å². The molecule has 0 aliphatic heterocycles. The van der Waals surface area contributed by atoms with E-state index in [9.17, 15) is 0 Å². The summed E-state index contributed by atoms with van der Waals surface area (Å²) in [6, 6.07) is 14.6. The summed E-state index contributed by atoms with van der Waals surface area (Å²) in [5.41, 5.74) is 2.13. The molecule has 1 aliphatic rings. The van der Waals surface area contributed by atoms with Gasteiger partial charge in [0.15, 0.2) is 5.82 Å². The van der Waals surface area contributed by atoms with Crippen LogP contribution in [0.4, 0.5) is 0 Å². The second kappa shape index (κ2) is 5.21. The Bertz CT molecular complexity index is 843. The lowest BCUT2D eigenvalue weighted by Gasteiger charge is -2.08. The second-order valence-electron chi connectivity index (χ2n) is 5.37. The molecule has 1 aliphatic carbocycles. The summed E-state index contributed by atoms with van der Waals surface area (Å²) in [5.74, 6) is 1.30. The average molecular weight is 407 g/mol. The average Bonchev–Trinajstić information content (AvgIpc) is 3.34. The molecule has 0 amide bonds. The molecule has 3 aromatic rings. The van der Waals surface area contributed by atoms with Crippen molar-refractivity contribution in [3.8, 4) is 11.4 Å². The van der Waals surface area contributed by atoms with Crippen molar-refractivity contribution in [3.63, 3.8) is 0 Å². The zero-order valence-electron chi connectivity index (χ0n) is 11.2. The Labute approximate surface area is 141 Å². The number of hydrogen-bond acceptors (Lipinski definition) is 2. The third-order valence-electron chi connectivity index (χ3n) is 3.81. The first kappa shape index (κ1) is 13.5. The summed E-state index contributed by atoms with van der Waals surface area (Å²) in [4.78, 5) is 9.24. The molecule has 1 heterocycles. The van der Waals surface area contributed by atoms with Gasteiger partial charge < -0.3 is 0 Å². The number of hydrogen-bond donors (Lipinski definition) is 0. The number of rotatable bonds is 2. The molecule has 0 N–H and O–H groups in total. The van der Waals surface area contributed by atoms with Crippen molar-refractivity contribution in [2.24, 2.45) is 0 Å². The van der Waals surface area contributed by atoms with Gasteiger partial charge >= 0.3 is 0 Å². The van der Waals surface area contributed by atoms with Crippen molar-refractivity contribution in [1.29, 1.82) is 0 Å². The van der Waals surface area contributed by atoms with Gasteiger partial charge in [0.25, 0.3) is 0 Å². The highest BCUT2D eigenvalue weighted by Crippen LogP contribution is 2.42. The first-order valence-corrected chi connectivity index (χ1v) is 8.40. The largest absolute Gasteiger partial charge is 0.232 e. The van der Waals surface area contributed by atoms with Crippen molar-refractivity contribution in [3.05, 3.63) is 56.9 Å². The normalized spacial score (nSPS) is 14.6. The van der Waals surface area contributed by atoms with Crippen LogP contribution in [0.2, 0.25) is 5.15 Å². The van der Waals surface area contributed by atoms with Crippen molar-refractivity contribution in [2.45, 2.75) is 18.8 Å². The van der Waals surface area contributed by atoms with Gasteiger partial charge in [-0.2, -0.15) is 0 Å². The van der Waals surface area contributed by atoms with Crippen LogP contribution in [0.15, 0.2) is 42.5 Å². The monoisotopic (exact) mass is 406 g/mol. The Morgan fingerprint density at radius 2 is 1.76 bits per heavy atom. The maximum absolute atomic E-state index is 6.30. The molecule has 0 atom stereocenters. The summed E-state index contributed by atoms with van der Waals surface area (Å²) in [6.07, 6.45) is 2.42. The standard InChI is InChI=1S/C17H12ClIN2/c18-16-14(19)15(11-6-7-11)20-17(21-16)13-8-5-10-3-1-2-4-12(10)9-13/h1-5,8-9,11H,6-7H2. The zero-order valence-corrected chi connectivity index (χ0v) is 14.1. The van der Waals surface area contributed by atoms with Crippen LogP contribution in [0.3, 0.4) is 0 Å². The molecule has 2 nitrogen and oxygen atoms in total. The molecule has 2 aromatic carbocycles. The predicted octanol–water partition coefficient (Wildman–Crippen LogP) is 5.43. The van der Waals surface area contributed by atoms with Crippen molar-refractivity contribution in [1.82, 2.24) is 9.97 Å². The summed E-state index contributed by atoms with van der Waals surface area (Å²) in [5, 5.41) is 2.98. The van der Waals surface area contributed by atoms with Crippen LogP contribution >= 0.6 is 34.2 Å². The molecule has 21 heavy (non-hydrogen) atoms. The van der Waals surface area contributed by atoms with E-state index in [0.717, 1.165) is 20.7 Å². The van der Waals surface area contributed by atoms with E-state index in [1.54, 1.807) is 0 Å². The molecule has 0 bridgehead atoms. The van der Waals surface area contributed by atoms with E-state index in [-0.39, 0.29) is 0 Å². The maximum Gasteiger partial charge on any atom is 0.161 e. The minimum atomic E-state index is 0.565. The van der Waals surface area contributed by atoms with Gasteiger partial charge in [-0.15, -0.1) is 0 Å². The maximum atomic E-state index is 6.30. The highest BCUT2D eigenvalue weighted by atomic mass is 127. The summed E-state index contributed by atoms with van der Waals surface area (Å²) < 4.78 is 1.00. The van der Waals surface area contributed by atoms with Gasteiger partial charge in [-0.05, 0) is 52.3 Å². The quantitative estimate of drug-likeness (QED) is 0.419. The first-order valence-electron chi connectivity index (χ1n) is 6.94. The van der Waals surface area contributed by atoms with Gasteiger partial charge in [0.2, 0.25) is 0 Å². The molecule has 1 aromatic heterocycles. The fourth-order valence-corrected chi connectivity index (χ4v) is 3.38. The molecule has 0 saturated heterocycles. The van der Waals surface area contributed by atoms with Crippen molar-refractivity contribution in [2.75, 3.05) is 0 Å². The Hall–Kier alpha value is -1.20. The topological polar surface area (TPSA) is 25.8 Å². The minimum absolute atomic E-state index is 0.565. The van der Waals surface area contributed by atoms with Crippen LogP contribution in [0.25, 0.3) is 22.2 Å². The molecular weight excluding hydrogens is 395 g/mol. The predicted molar refractivity (Wildman–Crippen MR) is 94.7 cm³/mol. The molecule has 0 radical (unpaired) electrons. The fraction of sp³-hybridized carbons (Fsp3) is 0.176. The Morgan fingerprint density at radius 3 is 2.52 bits per heavy atom. The summed E-state index contributed by atoms with van der Waals surface area (Å²) in [6.45, 7) is 0. The molecule has 0 spiro atoms. The van der Waals surface area contributed by atoms with E-state index >= 15 is 0 Å². The van der Waals surface area contributed by atoms with Gasteiger partial charge in [0, 0.05) is 11.5 Å². The summed E-state index contributed by atoms with van der Waals surface area (Å²) >= 11 is 8.55. The zero-order chi connectivity index (χ0) is 14.4. The number of halogens is 2. The lowest BCUT2D eigenvalue weighted by Crippen LogP contribution is -1.99. The molecule has 1 saturated carbocycles. The van der Waals surface area contributed by atoms with E-state index in [0.29, 0.717) is 11.1 Å². The molecular formula is C17H12ClIN2. The minimum Gasteiger partial charge on any atom is -0.232 e. The van der Waals surface area contributed by atoms with Crippen molar-refractivity contribution < 1.29 is 0 Å². The van der Waals surface area contributed by atoms with Gasteiger partial charge in [-0.25, -0.2) is 9.97 Å². The van der Waals surface area contributed by atoms with E-state index < -0.39 is 0 Å². The van der Waals surface area contributed by atoms with Gasteiger partial charge in [-0.3, -0.25) is 0 Å². The van der Waals surface area contributed by atoms with Crippen LogP contribution in [-0.2, 0) is 0 Å². The molecule has 0 unspecified atom stereocenters. The number of benzene rings is 2. The van der Waals surface area contributed by atoms with Crippen LogP contribution in [-0.4, -0.2) is 9.97 Å². The van der Waals surface area contributed by atoms with Crippen LogP contribution in [0.1, 0.15) is 24.5 Å². The number of nitrogens with zero attached hydrogens (tertiary/aromatic N) is 2. The summed E-state index contributed by atoms with van der Waals surface area (Å²) in [7, 11) is 0. The SMILES string of the molecule is Clc1nc(-c2ccc3ccccc3c2)nc(C2CC2)c1I. The molecule has 4 heteroatoms. The fourth-order valence-electron chi connectivity index (χ4n) is 2.52. The highest BCUT2D eigenvalue weighted by Gasteiger charge is 2.29. The first-order chi connectivity index (χ1) is 10.2. The van der Waals surface area contributed by atoms with E-state index in [1.807, 2.05) is 12.1 Å². The van der Waals surface area contributed by atoms with Gasteiger partial charge in [0.1, 0.15) is 5.15 Å². The lowest BCUT2D eigenvalue weighted by molar-refractivity contribution is 0.978. The third kappa shape index (κ3) is 2.53. The van der Waals surface area contributed by atoms with Gasteiger partial charge in [0.05, 0.1) is 9.26 Å². The van der Waals surface area contributed by atoms with Gasteiger partial charge in [-0.1, -0.05) is 48.0 Å². The van der Waals surface area contributed by atoms with Crippen LogP contribution < -0.4 is 0 Å². The second-order valence-corrected chi connectivity index (χ2v) is 6.81. The smallest absolute Gasteiger partial charge is 0.161 e. The molecule has 1 fully saturated rings. The number of aromatic nitrogens is 2.